The first kappa shape index (κ1) is 10.1. The van der Waals surface area contributed by atoms with E-state index < -0.39 is 11.9 Å². The molecule has 0 saturated carbocycles. The highest BCUT2D eigenvalue weighted by atomic mass is 19.1. The monoisotopic (exact) mass is 209 g/mol. The number of nitrogens with two attached hydrogens (primary N) is 1. The quantitative estimate of drug-likeness (QED) is 0.693. The number of hydrogen-bond donors (Lipinski definition) is 1. The van der Waals surface area contributed by atoms with Gasteiger partial charge in [0.15, 0.2) is 0 Å². The van der Waals surface area contributed by atoms with Crippen molar-refractivity contribution < 1.29 is 19.6 Å². The first-order chi connectivity index (χ1) is 7.18. The number of quaternary nitrogens is 1. The molecule has 0 bridgehead atoms. The molecule has 2 rings (SSSR count). The molecule has 0 unspecified atom stereocenters. The van der Waals surface area contributed by atoms with E-state index in [9.17, 15) is 14.3 Å². The molecule has 1 aliphatic heterocycles. The maximum atomic E-state index is 13.0. The molecule has 15 heavy (non-hydrogen) atoms. The second kappa shape index (κ2) is 3.98. The molecule has 0 spiro atoms. The van der Waals surface area contributed by atoms with E-state index in [1.165, 1.54) is 12.1 Å². The number of aliphatic carboxylic acids is 1. The summed E-state index contributed by atoms with van der Waals surface area (Å²) in [5, 5.41) is 12.8. The van der Waals surface area contributed by atoms with Gasteiger partial charge in [-0.05, 0) is 12.1 Å². The zero-order chi connectivity index (χ0) is 10.8. The molecule has 1 fully saturated rings. The summed E-state index contributed by atoms with van der Waals surface area (Å²) < 4.78 is 13.0. The van der Waals surface area contributed by atoms with Crippen LogP contribution in [0.1, 0.15) is 18.0 Å². The molecule has 0 amide bonds. The average molecular weight is 209 g/mol. The van der Waals surface area contributed by atoms with Gasteiger partial charge < -0.3 is 15.2 Å². The molecule has 4 heteroatoms. The van der Waals surface area contributed by atoms with Gasteiger partial charge in [-0.15, -0.1) is 0 Å². The number of halogens is 1. The molecule has 0 radical (unpaired) electrons. The Bertz CT molecular complexity index is 381. The van der Waals surface area contributed by atoms with Crippen molar-refractivity contribution in [1.29, 1.82) is 0 Å². The third-order valence-electron chi connectivity index (χ3n) is 2.87. The molecule has 1 aromatic rings. The fraction of sp³-hybridized carbons (Fsp3) is 0.364. The Balaban J connectivity index is 2.26. The van der Waals surface area contributed by atoms with E-state index >= 15 is 0 Å². The Morgan fingerprint density at radius 3 is 3.00 bits per heavy atom. The lowest BCUT2D eigenvalue weighted by atomic mass is 9.94. The lowest BCUT2D eigenvalue weighted by molar-refractivity contribution is -0.679. The number of benzene rings is 1. The van der Waals surface area contributed by atoms with Crippen molar-refractivity contribution >= 4 is 5.97 Å². The maximum Gasteiger partial charge on any atom is 0.123 e. The number of carboxylic acid groups (broad SMARTS) is 1. The minimum absolute atomic E-state index is 0.203. The van der Waals surface area contributed by atoms with Gasteiger partial charge in [0.05, 0.1) is 18.4 Å². The number of rotatable bonds is 2. The number of hydrogen-bond acceptors (Lipinski definition) is 2. The smallest absolute Gasteiger partial charge is 0.123 e. The zero-order valence-corrected chi connectivity index (χ0v) is 8.15. The van der Waals surface area contributed by atoms with E-state index in [0.717, 1.165) is 12.1 Å². The first-order valence-corrected chi connectivity index (χ1v) is 4.98. The van der Waals surface area contributed by atoms with Crippen molar-refractivity contribution in [2.45, 2.75) is 12.5 Å². The summed E-state index contributed by atoms with van der Waals surface area (Å²) in [6, 6.07) is 5.90. The van der Waals surface area contributed by atoms with Gasteiger partial charge in [-0.2, -0.15) is 0 Å². The highest BCUT2D eigenvalue weighted by Gasteiger charge is 2.33. The van der Waals surface area contributed by atoms with Crippen molar-refractivity contribution in [3.05, 3.63) is 35.6 Å². The summed E-state index contributed by atoms with van der Waals surface area (Å²) in [4.78, 5) is 10.8. The molecule has 80 valence electrons. The molecule has 0 aromatic heterocycles. The van der Waals surface area contributed by atoms with Crippen molar-refractivity contribution in [2.75, 3.05) is 6.54 Å². The predicted molar refractivity (Wildman–Crippen MR) is 49.0 cm³/mol. The molecule has 0 aliphatic carbocycles. The van der Waals surface area contributed by atoms with Crippen molar-refractivity contribution in [1.82, 2.24) is 0 Å². The summed E-state index contributed by atoms with van der Waals surface area (Å²) in [6.07, 6.45) is 0.587. The van der Waals surface area contributed by atoms with Crippen LogP contribution in [-0.2, 0) is 4.79 Å². The van der Waals surface area contributed by atoms with Crippen LogP contribution in [0, 0.1) is 11.7 Å². The van der Waals surface area contributed by atoms with Gasteiger partial charge >= 0.3 is 0 Å². The Hall–Kier alpha value is -1.42. The Morgan fingerprint density at radius 1 is 1.53 bits per heavy atom. The standard InChI is InChI=1S/C11H12FNO2/c12-8-3-1-2-7(6-8)10-9(11(14)15)4-5-13-10/h1-3,6,9-10,13H,4-5H2,(H,14,15)/t9-,10-/m1/s1. The van der Waals surface area contributed by atoms with Crippen molar-refractivity contribution in [2.24, 2.45) is 5.92 Å². The van der Waals surface area contributed by atoms with Gasteiger partial charge in [0, 0.05) is 12.0 Å². The predicted octanol–water partition coefficient (Wildman–Crippen LogP) is -0.800. The first-order valence-electron chi connectivity index (χ1n) is 4.98. The van der Waals surface area contributed by atoms with Crippen molar-refractivity contribution in [3.63, 3.8) is 0 Å². The fourth-order valence-corrected chi connectivity index (χ4v) is 2.15. The number of carboxylic acids is 1. The van der Waals surface area contributed by atoms with Crippen LogP contribution in [0.3, 0.4) is 0 Å². The Morgan fingerprint density at radius 2 is 2.33 bits per heavy atom. The Labute approximate surface area is 86.9 Å². The molecule has 2 N–H and O–H groups in total. The number of carbonyl (C=O) groups excluding carboxylic acids is 1. The third-order valence-corrected chi connectivity index (χ3v) is 2.87. The minimum atomic E-state index is -1.04. The topological polar surface area (TPSA) is 56.7 Å². The summed E-state index contributed by atoms with van der Waals surface area (Å²) in [5.41, 5.74) is 0.724. The van der Waals surface area contributed by atoms with Crippen LogP contribution in [0.5, 0.6) is 0 Å². The van der Waals surface area contributed by atoms with Gasteiger partial charge in [-0.1, -0.05) is 12.1 Å². The average Bonchev–Trinajstić information content (AvgIpc) is 2.65. The molecular weight excluding hydrogens is 197 g/mol. The van der Waals surface area contributed by atoms with Crippen LogP contribution < -0.4 is 10.4 Å². The van der Waals surface area contributed by atoms with Gasteiger partial charge in [0.1, 0.15) is 11.9 Å². The normalized spacial score (nSPS) is 25.4. The molecule has 2 atom stereocenters. The summed E-state index contributed by atoms with van der Waals surface area (Å²) >= 11 is 0. The van der Waals surface area contributed by atoms with Crippen LogP contribution in [0.25, 0.3) is 0 Å². The van der Waals surface area contributed by atoms with E-state index in [0.29, 0.717) is 6.42 Å². The lowest BCUT2D eigenvalue weighted by Crippen LogP contribution is -2.82. The fourth-order valence-electron chi connectivity index (χ4n) is 2.15. The van der Waals surface area contributed by atoms with Crippen LogP contribution in [-0.4, -0.2) is 12.5 Å². The summed E-state index contributed by atoms with van der Waals surface area (Å²) in [6.45, 7) is 0.750. The van der Waals surface area contributed by atoms with E-state index in [-0.39, 0.29) is 11.9 Å². The second-order valence-corrected chi connectivity index (χ2v) is 3.82. The van der Waals surface area contributed by atoms with Crippen molar-refractivity contribution in [3.8, 4) is 0 Å². The molecule has 1 aromatic carbocycles. The molecule has 1 aliphatic rings. The third kappa shape index (κ3) is 1.99. The van der Waals surface area contributed by atoms with E-state index in [4.69, 9.17) is 0 Å². The summed E-state index contributed by atoms with van der Waals surface area (Å²) in [7, 11) is 0. The maximum absolute atomic E-state index is 13.0. The van der Waals surface area contributed by atoms with Gasteiger partial charge in [0.25, 0.3) is 0 Å². The largest absolute Gasteiger partial charge is 0.550 e. The highest BCUT2D eigenvalue weighted by molar-refractivity contribution is 5.69. The van der Waals surface area contributed by atoms with Gasteiger partial charge in [-0.3, -0.25) is 0 Å². The van der Waals surface area contributed by atoms with Crippen LogP contribution in [0.2, 0.25) is 0 Å². The molecule has 1 saturated heterocycles. The van der Waals surface area contributed by atoms with Crippen LogP contribution in [0.15, 0.2) is 24.3 Å². The van der Waals surface area contributed by atoms with Gasteiger partial charge in [-0.25, -0.2) is 4.39 Å². The highest BCUT2D eigenvalue weighted by Crippen LogP contribution is 2.24. The van der Waals surface area contributed by atoms with E-state index in [1.54, 1.807) is 12.1 Å². The van der Waals surface area contributed by atoms with E-state index in [1.807, 2.05) is 5.32 Å². The number of carbonyl (C=O) groups is 1. The Kier molecular flexibility index (Phi) is 2.68. The molecule has 3 nitrogen and oxygen atoms in total. The van der Waals surface area contributed by atoms with Crippen LogP contribution in [0.4, 0.5) is 4.39 Å². The molecule has 1 heterocycles. The second-order valence-electron chi connectivity index (χ2n) is 3.82. The van der Waals surface area contributed by atoms with Gasteiger partial charge in [0.2, 0.25) is 0 Å². The van der Waals surface area contributed by atoms with Crippen LogP contribution >= 0.6 is 0 Å². The van der Waals surface area contributed by atoms with E-state index in [2.05, 4.69) is 0 Å². The minimum Gasteiger partial charge on any atom is -0.550 e. The summed E-state index contributed by atoms with van der Waals surface area (Å²) in [5.74, 6) is -1.88. The SMILES string of the molecule is O=C([O-])[C@@H]1CC[NH2+][C@@H]1c1cccc(F)c1. The molecular formula is C11H12FNO2. The lowest BCUT2D eigenvalue weighted by Gasteiger charge is -2.17. The zero-order valence-electron chi connectivity index (χ0n) is 8.15.